The summed E-state index contributed by atoms with van der Waals surface area (Å²) in [6, 6.07) is 8.16. The number of ether oxygens (including phenoxy) is 2. The Hall–Kier alpha value is -2.34. The Labute approximate surface area is 148 Å². The monoisotopic (exact) mass is 340 g/mol. The average molecular weight is 340 g/mol. The second-order valence-corrected chi connectivity index (χ2v) is 6.56. The lowest BCUT2D eigenvalue weighted by Crippen LogP contribution is -2.28. The molecule has 1 aromatic carbocycles. The number of fused-ring (bicyclic) bond motifs is 1. The highest BCUT2D eigenvalue weighted by Crippen LogP contribution is 2.30. The van der Waals surface area contributed by atoms with Crippen molar-refractivity contribution in [1.82, 2.24) is 15.3 Å². The van der Waals surface area contributed by atoms with Gasteiger partial charge >= 0.3 is 0 Å². The van der Waals surface area contributed by atoms with E-state index >= 15 is 0 Å². The molecule has 6 heteroatoms. The van der Waals surface area contributed by atoms with E-state index in [1.807, 2.05) is 12.1 Å². The molecule has 25 heavy (non-hydrogen) atoms. The van der Waals surface area contributed by atoms with E-state index in [4.69, 9.17) is 9.47 Å². The van der Waals surface area contributed by atoms with Gasteiger partial charge in [0.25, 0.3) is 0 Å². The second-order valence-electron chi connectivity index (χ2n) is 6.56. The van der Waals surface area contributed by atoms with Crippen LogP contribution in [0.4, 0.5) is 5.82 Å². The first-order valence-electron chi connectivity index (χ1n) is 9.03. The van der Waals surface area contributed by atoms with E-state index < -0.39 is 0 Å². The van der Waals surface area contributed by atoms with Gasteiger partial charge in [0.05, 0.1) is 18.9 Å². The van der Waals surface area contributed by atoms with Gasteiger partial charge in [-0.1, -0.05) is 6.07 Å². The van der Waals surface area contributed by atoms with Crippen molar-refractivity contribution < 1.29 is 9.47 Å². The van der Waals surface area contributed by atoms with E-state index in [2.05, 4.69) is 32.7 Å². The fourth-order valence-corrected chi connectivity index (χ4v) is 3.31. The molecule has 4 rings (SSSR count). The molecular weight excluding hydrogens is 316 g/mol. The molecule has 0 saturated carbocycles. The zero-order valence-corrected chi connectivity index (χ0v) is 14.3. The fourth-order valence-electron chi connectivity index (χ4n) is 3.31. The van der Waals surface area contributed by atoms with Gasteiger partial charge in [-0.2, -0.15) is 0 Å². The summed E-state index contributed by atoms with van der Waals surface area (Å²) in [6.45, 7) is 4.21. The molecule has 2 N–H and O–H groups in total. The molecule has 6 nitrogen and oxygen atoms in total. The van der Waals surface area contributed by atoms with Gasteiger partial charge < -0.3 is 20.1 Å². The van der Waals surface area contributed by atoms with Crippen LogP contribution in [0.1, 0.15) is 36.4 Å². The third kappa shape index (κ3) is 4.02. The largest absolute Gasteiger partial charge is 0.490 e. The van der Waals surface area contributed by atoms with Crippen molar-refractivity contribution >= 4 is 5.82 Å². The third-order valence-corrected chi connectivity index (χ3v) is 4.69. The van der Waals surface area contributed by atoms with E-state index in [0.29, 0.717) is 25.7 Å². The highest BCUT2D eigenvalue weighted by atomic mass is 16.5. The Bertz CT molecular complexity index is 716. The molecule has 1 atom stereocenters. The van der Waals surface area contributed by atoms with Crippen LogP contribution < -0.4 is 20.1 Å². The molecule has 1 unspecified atom stereocenters. The van der Waals surface area contributed by atoms with Gasteiger partial charge in [0, 0.05) is 31.5 Å². The highest BCUT2D eigenvalue weighted by Gasteiger charge is 2.17. The standard InChI is InChI=1S/C19H24N4O2/c1-3-15(12-20-6-1)16-10-19(23-13-22-16)21-11-14-4-5-17-18(9-14)25-8-2-7-24-17/h4-5,9-10,13,15,20H,1-3,6-8,11-12H2,(H,21,22,23). The molecule has 132 valence electrons. The number of aromatic nitrogens is 2. The van der Waals surface area contributed by atoms with E-state index in [1.54, 1.807) is 6.33 Å². The summed E-state index contributed by atoms with van der Waals surface area (Å²) in [6.07, 6.45) is 4.96. The van der Waals surface area contributed by atoms with E-state index in [1.165, 1.54) is 12.8 Å². The van der Waals surface area contributed by atoms with Gasteiger partial charge in [-0.3, -0.25) is 0 Å². The third-order valence-electron chi connectivity index (χ3n) is 4.69. The van der Waals surface area contributed by atoms with Crippen molar-refractivity contribution in [3.63, 3.8) is 0 Å². The Morgan fingerprint density at radius 1 is 1.08 bits per heavy atom. The Morgan fingerprint density at radius 2 is 2.00 bits per heavy atom. The van der Waals surface area contributed by atoms with E-state index in [-0.39, 0.29) is 0 Å². The number of benzene rings is 1. The first kappa shape index (κ1) is 16.1. The smallest absolute Gasteiger partial charge is 0.161 e. The predicted molar refractivity (Wildman–Crippen MR) is 96.3 cm³/mol. The van der Waals surface area contributed by atoms with Crippen LogP contribution in [0.25, 0.3) is 0 Å². The number of rotatable bonds is 4. The topological polar surface area (TPSA) is 68.3 Å². The molecule has 2 aliphatic rings. The predicted octanol–water partition coefficient (Wildman–Crippen LogP) is 2.72. The lowest BCUT2D eigenvalue weighted by Gasteiger charge is -2.22. The normalized spacial score (nSPS) is 19.9. The summed E-state index contributed by atoms with van der Waals surface area (Å²) in [5, 5.41) is 6.83. The van der Waals surface area contributed by atoms with Crippen LogP contribution in [0.2, 0.25) is 0 Å². The lowest BCUT2D eigenvalue weighted by molar-refractivity contribution is 0.297. The number of hydrogen-bond donors (Lipinski definition) is 2. The number of nitrogens with one attached hydrogen (secondary N) is 2. The summed E-state index contributed by atoms with van der Waals surface area (Å²) >= 11 is 0. The molecule has 2 aromatic rings. The number of piperidine rings is 1. The maximum atomic E-state index is 5.75. The summed E-state index contributed by atoms with van der Waals surface area (Å²) in [7, 11) is 0. The van der Waals surface area contributed by atoms with E-state index in [0.717, 1.165) is 48.1 Å². The molecule has 3 heterocycles. The molecule has 0 amide bonds. The Balaban J connectivity index is 1.42. The molecule has 1 aromatic heterocycles. The van der Waals surface area contributed by atoms with Crippen LogP contribution in [0, 0.1) is 0 Å². The molecule has 0 spiro atoms. The molecule has 1 fully saturated rings. The highest BCUT2D eigenvalue weighted by molar-refractivity contribution is 5.45. The van der Waals surface area contributed by atoms with Crippen LogP contribution in [-0.2, 0) is 6.54 Å². The first-order valence-corrected chi connectivity index (χ1v) is 9.03. The van der Waals surface area contributed by atoms with Crippen molar-refractivity contribution in [2.45, 2.75) is 31.7 Å². The zero-order valence-electron chi connectivity index (χ0n) is 14.3. The minimum atomic E-state index is 0.482. The minimum absolute atomic E-state index is 0.482. The second kappa shape index (κ2) is 7.70. The zero-order chi connectivity index (χ0) is 16.9. The Morgan fingerprint density at radius 3 is 2.88 bits per heavy atom. The number of anilines is 1. The first-order chi connectivity index (χ1) is 12.4. The summed E-state index contributed by atoms with van der Waals surface area (Å²) in [4.78, 5) is 8.81. The lowest BCUT2D eigenvalue weighted by atomic mass is 9.96. The van der Waals surface area contributed by atoms with Crippen LogP contribution >= 0.6 is 0 Å². The van der Waals surface area contributed by atoms with Gasteiger partial charge in [0.1, 0.15) is 12.1 Å². The van der Waals surface area contributed by atoms with Crippen LogP contribution in [0.3, 0.4) is 0 Å². The van der Waals surface area contributed by atoms with Gasteiger partial charge in [0.15, 0.2) is 11.5 Å². The van der Waals surface area contributed by atoms with E-state index in [9.17, 15) is 0 Å². The van der Waals surface area contributed by atoms with Gasteiger partial charge in [-0.25, -0.2) is 9.97 Å². The summed E-state index contributed by atoms with van der Waals surface area (Å²) < 4.78 is 11.4. The van der Waals surface area contributed by atoms with Gasteiger partial charge in [-0.05, 0) is 37.1 Å². The molecule has 0 radical (unpaired) electrons. The molecule has 1 saturated heterocycles. The maximum absolute atomic E-state index is 5.75. The number of hydrogen-bond acceptors (Lipinski definition) is 6. The summed E-state index contributed by atoms with van der Waals surface area (Å²) in [5.41, 5.74) is 2.26. The fraction of sp³-hybridized carbons (Fsp3) is 0.474. The van der Waals surface area contributed by atoms with Crippen molar-refractivity contribution in [1.29, 1.82) is 0 Å². The molecule has 0 aliphatic carbocycles. The minimum Gasteiger partial charge on any atom is -0.490 e. The number of nitrogens with zero attached hydrogens (tertiary/aromatic N) is 2. The maximum Gasteiger partial charge on any atom is 0.161 e. The SMILES string of the molecule is c1nc(NCc2ccc3c(c2)OCCCO3)cc(C2CCCNC2)n1. The van der Waals surface area contributed by atoms with Crippen LogP contribution in [0.5, 0.6) is 11.5 Å². The van der Waals surface area contributed by atoms with Crippen molar-refractivity contribution in [3.8, 4) is 11.5 Å². The van der Waals surface area contributed by atoms with Crippen molar-refractivity contribution in [3.05, 3.63) is 41.9 Å². The van der Waals surface area contributed by atoms with Crippen LogP contribution in [-0.4, -0.2) is 36.3 Å². The molecule has 0 bridgehead atoms. The van der Waals surface area contributed by atoms with Crippen LogP contribution in [0.15, 0.2) is 30.6 Å². The Kier molecular flexibility index (Phi) is 4.97. The van der Waals surface area contributed by atoms with Gasteiger partial charge in [-0.15, -0.1) is 0 Å². The van der Waals surface area contributed by atoms with Gasteiger partial charge in [0.2, 0.25) is 0 Å². The quantitative estimate of drug-likeness (QED) is 0.892. The molecule has 2 aliphatic heterocycles. The molecular formula is C19H24N4O2. The van der Waals surface area contributed by atoms with Crippen molar-refractivity contribution in [2.75, 3.05) is 31.6 Å². The average Bonchev–Trinajstić information content (AvgIpc) is 2.92. The van der Waals surface area contributed by atoms with Crippen molar-refractivity contribution in [2.24, 2.45) is 0 Å². The summed E-state index contributed by atoms with van der Waals surface area (Å²) in [5.74, 6) is 3.00.